The zero-order valence-electron chi connectivity index (χ0n) is 27.9. The first-order valence-electron chi connectivity index (χ1n) is 16.6. The van der Waals surface area contributed by atoms with E-state index in [1.807, 2.05) is 36.4 Å². The second-order valence-corrected chi connectivity index (χ2v) is 13.8. The number of fused-ring (bicyclic) bond motifs is 4. The Morgan fingerprint density at radius 2 is 1.58 bits per heavy atom. The van der Waals surface area contributed by atoms with Crippen LogP contribution in [0, 0.1) is 5.82 Å². The van der Waals surface area contributed by atoms with Crippen molar-refractivity contribution in [2.45, 2.75) is 76.5 Å². The van der Waals surface area contributed by atoms with Crippen molar-refractivity contribution < 1.29 is 33.0 Å². The third-order valence-corrected chi connectivity index (χ3v) is 9.42. The highest BCUT2D eigenvalue weighted by molar-refractivity contribution is 6.05. The lowest BCUT2D eigenvalue weighted by Crippen LogP contribution is -2.60. The predicted octanol–water partition coefficient (Wildman–Crippen LogP) is 6.08. The number of ether oxygens (including phenoxy) is 2. The molecule has 1 saturated heterocycles. The van der Waals surface area contributed by atoms with Crippen LogP contribution in [0.5, 0.6) is 0 Å². The minimum Gasteiger partial charge on any atom is -0.459 e. The number of rotatable bonds is 6. The molecular weight excluding hydrogens is 613 g/mol. The van der Waals surface area contributed by atoms with E-state index >= 15 is 0 Å². The first-order valence-corrected chi connectivity index (χ1v) is 16.6. The monoisotopic (exact) mass is 655 g/mol. The maximum Gasteiger partial charge on any atom is 0.410 e. The number of anilines is 1. The summed E-state index contributed by atoms with van der Waals surface area (Å²) in [6, 6.07) is 18.5. The van der Waals surface area contributed by atoms with E-state index in [1.165, 1.54) is 26.8 Å². The van der Waals surface area contributed by atoms with E-state index in [4.69, 9.17) is 9.47 Å². The van der Waals surface area contributed by atoms with Crippen molar-refractivity contribution in [2.75, 3.05) is 31.6 Å². The fourth-order valence-electron chi connectivity index (χ4n) is 7.18. The lowest BCUT2D eigenvalue weighted by atomic mass is 9.93. The van der Waals surface area contributed by atoms with Gasteiger partial charge in [0.05, 0.1) is 5.69 Å². The van der Waals surface area contributed by atoms with Crippen LogP contribution in [0.2, 0.25) is 0 Å². The molecule has 3 aromatic rings. The van der Waals surface area contributed by atoms with Crippen LogP contribution >= 0.6 is 0 Å². The van der Waals surface area contributed by atoms with E-state index in [0.717, 1.165) is 35.1 Å². The van der Waals surface area contributed by atoms with E-state index in [1.54, 1.807) is 33.9 Å². The fraction of sp³-hybridized carbons (Fsp3) is 0.421. The highest BCUT2D eigenvalue weighted by atomic mass is 19.1. The summed E-state index contributed by atoms with van der Waals surface area (Å²) in [5, 5.41) is 0. The Bertz CT molecular complexity index is 1690. The topological polar surface area (TPSA) is 96.5 Å². The van der Waals surface area contributed by atoms with Crippen LogP contribution in [-0.4, -0.2) is 78.1 Å². The van der Waals surface area contributed by atoms with Crippen LogP contribution in [0.1, 0.15) is 69.1 Å². The molecule has 0 bridgehead atoms. The highest BCUT2D eigenvalue weighted by Crippen LogP contribution is 2.44. The largest absolute Gasteiger partial charge is 0.459 e. The quantitative estimate of drug-likeness (QED) is 0.299. The number of amides is 3. The normalized spacial score (nSPS) is 19.5. The third kappa shape index (κ3) is 6.66. The predicted molar refractivity (Wildman–Crippen MR) is 179 cm³/mol. The van der Waals surface area contributed by atoms with Crippen molar-refractivity contribution in [2.24, 2.45) is 0 Å². The van der Waals surface area contributed by atoms with Crippen molar-refractivity contribution in [3.05, 3.63) is 89.2 Å². The van der Waals surface area contributed by atoms with Gasteiger partial charge in [0.2, 0.25) is 5.91 Å². The van der Waals surface area contributed by atoms with Crippen LogP contribution in [0.25, 0.3) is 11.1 Å². The number of likely N-dealkylation sites (N-methyl/N-ethyl adjacent to an activating group) is 1. The lowest BCUT2D eigenvalue weighted by molar-refractivity contribution is -0.154. The Balaban J connectivity index is 1.21. The van der Waals surface area contributed by atoms with E-state index < -0.39 is 48.0 Å². The van der Waals surface area contributed by atoms with Gasteiger partial charge in [0, 0.05) is 25.9 Å². The number of benzene rings is 3. The Hall–Kier alpha value is -4.73. The zero-order valence-corrected chi connectivity index (χ0v) is 27.9. The van der Waals surface area contributed by atoms with Crippen molar-refractivity contribution in [1.29, 1.82) is 0 Å². The van der Waals surface area contributed by atoms with E-state index in [2.05, 4.69) is 12.1 Å². The summed E-state index contributed by atoms with van der Waals surface area (Å²) >= 11 is 0. The molecule has 0 unspecified atom stereocenters. The zero-order chi connectivity index (χ0) is 34.2. The minimum absolute atomic E-state index is 0.121. The molecule has 0 saturated carbocycles. The molecule has 6 rings (SSSR count). The average Bonchev–Trinajstić information content (AvgIpc) is 3.36. The SMILES string of the molecule is CN(C(=O)OCC1c2ccccc2-c2ccccc21)[C@H]1CCCCCN([C@H]2Cc3ccc(F)cc3N(CC(=O)OC(C)(C)C)C2=O)C1=O. The van der Waals surface area contributed by atoms with Crippen molar-refractivity contribution in [3.63, 3.8) is 0 Å². The van der Waals surface area contributed by atoms with Crippen molar-refractivity contribution >= 4 is 29.6 Å². The Morgan fingerprint density at radius 1 is 0.917 bits per heavy atom. The first-order chi connectivity index (χ1) is 22.9. The van der Waals surface area contributed by atoms with Gasteiger partial charge in [-0.25, -0.2) is 9.18 Å². The summed E-state index contributed by atoms with van der Waals surface area (Å²) < 4.78 is 25.7. The molecule has 2 aliphatic heterocycles. The van der Waals surface area contributed by atoms with Crippen LogP contribution in [0.3, 0.4) is 0 Å². The molecule has 10 heteroatoms. The van der Waals surface area contributed by atoms with Crippen molar-refractivity contribution in [3.8, 4) is 11.1 Å². The molecule has 3 amide bonds. The number of esters is 1. The molecule has 3 aliphatic rings. The summed E-state index contributed by atoms with van der Waals surface area (Å²) in [7, 11) is 1.57. The summed E-state index contributed by atoms with van der Waals surface area (Å²) in [5.74, 6) is -2.15. The van der Waals surface area contributed by atoms with E-state index in [0.29, 0.717) is 24.9 Å². The van der Waals surface area contributed by atoms with Gasteiger partial charge >= 0.3 is 12.1 Å². The summed E-state index contributed by atoms with van der Waals surface area (Å²) in [6.45, 7) is 5.19. The molecule has 0 spiro atoms. The van der Waals surface area contributed by atoms with Gasteiger partial charge in [-0.3, -0.25) is 24.2 Å². The molecule has 252 valence electrons. The number of halogens is 1. The van der Waals surface area contributed by atoms with Gasteiger partial charge in [0.1, 0.15) is 36.7 Å². The smallest absolute Gasteiger partial charge is 0.410 e. The molecule has 2 atom stereocenters. The number of carbonyl (C=O) groups is 4. The molecule has 0 N–H and O–H groups in total. The molecule has 0 aromatic heterocycles. The van der Waals surface area contributed by atoms with Crippen LogP contribution in [-0.2, 0) is 30.3 Å². The standard InChI is InChI=1S/C38H42FN3O6/c1-38(2,3)48-34(43)22-42-32-21-25(39)18-17-24(32)20-33(36(42)45)41-19-11-5-6-16-31(35(41)44)40(4)37(46)47-23-30-28-14-9-7-12-26(28)27-13-8-10-15-29(27)30/h7-10,12-15,17-18,21,30-31,33H,5-6,11,16,19-20,22-23H2,1-4H3/t31-,33-/m0/s1. The highest BCUT2D eigenvalue weighted by Gasteiger charge is 2.43. The number of carbonyl (C=O) groups excluding carboxylic acids is 4. The second kappa shape index (κ2) is 13.4. The molecule has 3 aromatic carbocycles. The van der Waals surface area contributed by atoms with Crippen LogP contribution in [0.15, 0.2) is 66.7 Å². The Labute approximate surface area is 280 Å². The maximum absolute atomic E-state index is 14.4. The van der Waals surface area contributed by atoms with Crippen LogP contribution < -0.4 is 4.90 Å². The lowest BCUT2D eigenvalue weighted by Gasteiger charge is -2.42. The fourth-order valence-corrected chi connectivity index (χ4v) is 7.18. The van der Waals surface area contributed by atoms with Gasteiger partial charge in [0.25, 0.3) is 5.91 Å². The van der Waals surface area contributed by atoms with Gasteiger partial charge in [-0.1, -0.05) is 67.4 Å². The molecule has 1 fully saturated rings. The summed E-state index contributed by atoms with van der Waals surface area (Å²) in [6.07, 6.45) is 2.18. The maximum atomic E-state index is 14.4. The third-order valence-electron chi connectivity index (χ3n) is 9.42. The van der Waals surface area contributed by atoms with E-state index in [9.17, 15) is 23.6 Å². The van der Waals surface area contributed by atoms with Gasteiger partial charge in [-0.05, 0) is 73.6 Å². The van der Waals surface area contributed by atoms with Gasteiger partial charge < -0.3 is 14.4 Å². The molecule has 0 radical (unpaired) electrons. The number of hydrogen-bond donors (Lipinski definition) is 0. The Kier molecular flexibility index (Phi) is 9.27. The number of nitrogens with zero attached hydrogens (tertiary/aromatic N) is 3. The van der Waals surface area contributed by atoms with Crippen LogP contribution in [0.4, 0.5) is 14.9 Å². The minimum atomic E-state index is -0.936. The van der Waals surface area contributed by atoms with E-state index in [-0.39, 0.29) is 30.5 Å². The molecule has 48 heavy (non-hydrogen) atoms. The molecule has 1 aliphatic carbocycles. The molecular formula is C38H42FN3O6. The average molecular weight is 656 g/mol. The molecule has 2 heterocycles. The van der Waals surface area contributed by atoms with Gasteiger partial charge in [-0.15, -0.1) is 0 Å². The summed E-state index contributed by atoms with van der Waals surface area (Å²) in [5.41, 5.74) is 4.57. The van der Waals surface area contributed by atoms with Gasteiger partial charge in [-0.2, -0.15) is 0 Å². The second-order valence-electron chi connectivity index (χ2n) is 13.8. The van der Waals surface area contributed by atoms with Gasteiger partial charge in [0.15, 0.2) is 0 Å². The first kappa shape index (κ1) is 33.2. The van der Waals surface area contributed by atoms with Crippen molar-refractivity contribution in [1.82, 2.24) is 9.80 Å². The number of likely N-dealkylation sites (tertiary alicyclic amines) is 1. The number of hydrogen-bond acceptors (Lipinski definition) is 6. The Morgan fingerprint density at radius 3 is 2.25 bits per heavy atom. The molecule has 9 nitrogen and oxygen atoms in total. The summed E-state index contributed by atoms with van der Waals surface area (Å²) in [4.78, 5) is 59.0.